The van der Waals surface area contributed by atoms with Crippen LogP contribution in [0.3, 0.4) is 0 Å². The zero-order chi connectivity index (χ0) is 19.9. The van der Waals surface area contributed by atoms with Gasteiger partial charge >= 0.3 is 6.18 Å². The molecule has 3 amide bonds. The van der Waals surface area contributed by atoms with E-state index < -0.39 is 36.0 Å². The van der Waals surface area contributed by atoms with Crippen molar-refractivity contribution in [1.82, 2.24) is 16.0 Å². The highest BCUT2D eigenvalue weighted by Crippen LogP contribution is 2.28. The maximum absolute atomic E-state index is 12.5. The first kappa shape index (κ1) is 20.0. The predicted molar refractivity (Wildman–Crippen MR) is 87.3 cm³/mol. The molecule has 27 heavy (non-hydrogen) atoms. The Morgan fingerprint density at radius 1 is 0.889 bits per heavy atom. The SMILES string of the molecule is O=C(CNC(=O)CNC(=O)c1ccc(C(F)(F)F)cc1)NCc1ccco1. The molecule has 144 valence electrons. The molecule has 2 rings (SSSR count). The monoisotopic (exact) mass is 383 g/mol. The molecule has 10 heteroatoms. The molecule has 3 N–H and O–H groups in total. The Balaban J connectivity index is 1.70. The lowest BCUT2D eigenvalue weighted by Gasteiger charge is -2.09. The molecule has 0 radical (unpaired) electrons. The highest BCUT2D eigenvalue weighted by Gasteiger charge is 2.30. The fourth-order valence-corrected chi connectivity index (χ4v) is 1.98. The van der Waals surface area contributed by atoms with E-state index in [9.17, 15) is 27.6 Å². The van der Waals surface area contributed by atoms with Crippen molar-refractivity contribution >= 4 is 17.7 Å². The number of hydrogen-bond acceptors (Lipinski definition) is 4. The average Bonchev–Trinajstić information content (AvgIpc) is 3.15. The van der Waals surface area contributed by atoms with Gasteiger partial charge in [0, 0.05) is 5.56 Å². The van der Waals surface area contributed by atoms with Crippen LogP contribution in [0.4, 0.5) is 13.2 Å². The lowest BCUT2D eigenvalue weighted by molar-refractivity contribution is -0.137. The lowest BCUT2D eigenvalue weighted by Crippen LogP contribution is -2.41. The summed E-state index contributed by atoms with van der Waals surface area (Å²) in [6.45, 7) is -0.548. The molecular formula is C17H16F3N3O4. The number of carbonyl (C=O) groups is 3. The number of furan rings is 1. The van der Waals surface area contributed by atoms with Crippen molar-refractivity contribution in [3.05, 3.63) is 59.5 Å². The van der Waals surface area contributed by atoms with Gasteiger partial charge in [0.1, 0.15) is 5.76 Å². The molecule has 1 aromatic heterocycles. The highest BCUT2D eigenvalue weighted by molar-refractivity contribution is 5.96. The number of halogens is 3. The van der Waals surface area contributed by atoms with Gasteiger partial charge < -0.3 is 20.4 Å². The number of hydrogen-bond donors (Lipinski definition) is 3. The van der Waals surface area contributed by atoms with Crippen LogP contribution in [0.1, 0.15) is 21.7 Å². The summed E-state index contributed by atoms with van der Waals surface area (Å²) in [5.74, 6) is -1.23. The van der Waals surface area contributed by atoms with Crippen LogP contribution in [0.25, 0.3) is 0 Å². The third-order valence-corrected chi connectivity index (χ3v) is 3.37. The van der Waals surface area contributed by atoms with Gasteiger partial charge in [0.15, 0.2) is 0 Å². The second-order valence-corrected chi connectivity index (χ2v) is 5.39. The van der Waals surface area contributed by atoms with Crippen molar-refractivity contribution in [3.8, 4) is 0 Å². The molecule has 0 atom stereocenters. The summed E-state index contributed by atoms with van der Waals surface area (Å²) in [5.41, 5.74) is -0.899. The number of nitrogens with one attached hydrogen (secondary N) is 3. The topological polar surface area (TPSA) is 100 Å². The van der Waals surface area contributed by atoms with Crippen LogP contribution in [0.2, 0.25) is 0 Å². The molecule has 0 bridgehead atoms. The Labute approximate surface area is 151 Å². The summed E-state index contributed by atoms with van der Waals surface area (Å²) in [4.78, 5) is 35.0. The van der Waals surface area contributed by atoms with Gasteiger partial charge in [-0.2, -0.15) is 13.2 Å². The Bertz CT molecular complexity index is 787. The zero-order valence-corrected chi connectivity index (χ0v) is 13.9. The molecule has 7 nitrogen and oxygen atoms in total. The fraction of sp³-hybridized carbons (Fsp3) is 0.235. The molecule has 1 aromatic carbocycles. The van der Waals surface area contributed by atoms with Crippen LogP contribution in [-0.4, -0.2) is 30.8 Å². The van der Waals surface area contributed by atoms with Crippen molar-refractivity contribution in [1.29, 1.82) is 0 Å². The summed E-state index contributed by atoms with van der Waals surface area (Å²) >= 11 is 0. The van der Waals surface area contributed by atoms with Crippen LogP contribution in [0, 0.1) is 0 Å². The van der Waals surface area contributed by atoms with E-state index in [-0.39, 0.29) is 18.7 Å². The van der Waals surface area contributed by atoms with Gasteiger partial charge in [0.25, 0.3) is 5.91 Å². The van der Waals surface area contributed by atoms with E-state index in [2.05, 4.69) is 16.0 Å². The molecule has 0 spiro atoms. The molecule has 0 saturated carbocycles. The van der Waals surface area contributed by atoms with Crippen molar-refractivity contribution < 1.29 is 32.0 Å². The van der Waals surface area contributed by atoms with Gasteiger partial charge in [0.05, 0.1) is 31.5 Å². The standard InChI is InChI=1S/C17H16F3N3O4/c18-17(19,20)12-5-3-11(4-6-12)16(26)23-10-15(25)22-9-14(24)21-8-13-2-1-7-27-13/h1-7H,8-10H2,(H,21,24)(H,22,25)(H,23,26). The van der Waals surface area contributed by atoms with Crippen molar-refractivity contribution in [3.63, 3.8) is 0 Å². The summed E-state index contributed by atoms with van der Waals surface area (Å²) in [6, 6.07) is 6.92. The van der Waals surface area contributed by atoms with Crippen LogP contribution in [0.15, 0.2) is 47.1 Å². The smallest absolute Gasteiger partial charge is 0.416 e. The summed E-state index contributed by atoms with van der Waals surface area (Å²) in [5, 5.41) is 7.08. The highest BCUT2D eigenvalue weighted by atomic mass is 19.4. The van der Waals surface area contributed by atoms with Crippen molar-refractivity contribution in [2.75, 3.05) is 13.1 Å². The van der Waals surface area contributed by atoms with E-state index in [1.54, 1.807) is 12.1 Å². The third-order valence-electron chi connectivity index (χ3n) is 3.37. The molecule has 1 heterocycles. The Morgan fingerprint density at radius 2 is 1.52 bits per heavy atom. The van der Waals surface area contributed by atoms with E-state index in [0.717, 1.165) is 24.3 Å². The van der Waals surface area contributed by atoms with Crippen molar-refractivity contribution in [2.24, 2.45) is 0 Å². The van der Waals surface area contributed by atoms with Crippen LogP contribution < -0.4 is 16.0 Å². The second-order valence-electron chi connectivity index (χ2n) is 5.39. The molecule has 2 aromatic rings. The third kappa shape index (κ3) is 6.49. The molecule has 0 aliphatic heterocycles. The van der Waals surface area contributed by atoms with Gasteiger partial charge in [-0.1, -0.05) is 0 Å². The minimum Gasteiger partial charge on any atom is -0.467 e. The van der Waals surface area contributed by atoms with Gasteiger partial charge in [-0.05, 0) is 36.4 Å². The van der Waals surface area contributed by atoms with Gasteiger partial charge in [-0.3, -0.25) is 14.4 Å². The lowest BCUT2D eigenvalue weighted by atomic mass is 10.1. The number of amides is 3. The first-order chi connectivity index (χ1) is 12.8. The molecule has 0 fully saturated rings. The number of carbonyl (C=O) groups excluding carboxylic acids is 3. The number of alkyl halides is 3. The number of rotatable bonds is 7. The fourth-order valence-electron chi connectivity index (χ4n) is 1.98. The molecule has 0 saturated heterocycles. The molecule has 0 aliphatic rings. The molecule has 0 unspecified atom stereocenters. The van der Waals surface area contributed by atoms with Crippen LogP contribution >= 0.6 is 0 Å². The Kier molecular flexibility index (Phi) is 6.58. The van der Waals surface area contributed by atoms with Gasteiger partial charge in [0.2, 0.25) is 11.8 Å². The predicted octanol–water partition coefficient (Wildman–Crippen LogP) is 1.46. The van der Waals surface area contributed by atoms with Gasteiger partial charge in [-0.25, -0.2) is 0 Å². The Hall–Kier alpha value is -3.30. The van der Waals surface area contributed by atoms with Crippen LogP contribution in [0.5, 0.6) is 0 Å². The normalized spacial score (nSPS) is 10.9. The van der Waals surface area contributed by atoms with E-state index >= 15 is 0 Å². The average molecular weight is 383 g/mol. The quantitative estimate of drug-likeness (QED) is 0.674. The second kappa shape index (κ2) is 8.88. The molecule has 0 aliphatic carbocycles. The zero-order valence-electron chi connectivity index (χ0n) is 13.9. The maximum Gasteiger partial charge on any atom is 0.416 e. The maximum atomic E-state index is 12.5. The van der Waals surface area contributed by atoms with E-state index in [4.69, 9.17) is 4.42 Å². The van der Waals surface area contributed by atoms with Gasteiger partial charge in [-0.15, -0.1) is 0 Å². The summed E-state index contributed by atoms with van der Waals surface area (Å²) in [6.07, 6.45) is -3.03. The minimum absolute atomic E-state index is 0.0213. The Morgan fingerprint density at radius 3 is 2.11 bits per heavy atom. The molecular weight excluding hydrogens is 367 g/mol. The first-order valence-corrected chi connectivity index (χ1v) is 7.77. The number of benzene rings is 1. The summed E-state index contributed by atoms with van der Waals surface area (Å²) in [7, 11) is 0. The largest absolute Gasteiger partial charge is 0.467 e. The van der Waals surface area contributed by atoms with E-state index in [1.807, 2.05) is 0 Å². The first-order valence-electron chi connectivity index (χ1n) is 7.77. The van der Waals surface area contributed by atoms with Crippen molar-refractivity contribution in [2.45, 2.75) is 12.7 Å². The van der Waals surface area contributed by atoms with E-state index in [1.165, 1.54) is 6.26 Å². The summed E-state index contributed by atoms with van der Waals surface area (Å²) < 4.78 is 42.4. The van der Waals surface area contributed by atoms with E-state index in [0.29, 0.717) is 5.76 Å². The minimum atomic E-state index is -4.49. The van der Waals surface area contributed by atoms with Crippen LogP contribution in [-0.2, 0) is 22.3 Å².